The average molecular weight is 699 g/mol. The molecule has 2 saturated heterocycles. The van der Waals surface area contributed by atoms with Gasteiger partial charge in [0.15, 0.2) is 0 Å². The third-order valence-corrected chi connectivity index (χ3v) is 8.70. The van der Waals surface area contributed by atoms with Crippen molar-refractivity contribution in [3.05, 3.63) is 94.5 Å². The molecular formula is C35H43ClN4O9. The molecule has 5 rings (SSSR count). The lowest BCUT2D eigenvalue weighted by Gasteiger charge is -2.39. The highest BCUT2D eigenvalue weighted by molar-refractivity contribution is 6.30. The Morgan fingerprint density at radius 2 is 1.31 bits per heavy atom. The van der Waals surface area contributed by atoms with Gasteiger partial charge in [0.05, 0.1) is 0 Å². The van der Waals surface area contributed by atoms with Crippen molar-refractivity contribution in [3.8, 4) is 0 Å². The minimum Gasteiger partial charge on any atom is -0.478 e. The van der Waals surface area contributed by atoms with E-state index in [2.05, 4.69) is 66.1 Å². The zero-order chi connectivity index (χ0) is 36.1. The van der Waals surface area contributed by atoms with Crippen LogP contribution >= 0.6 is 11.6 Å². The van der Waals surface area contributed by atoms with Gasteiger partial charge in [-0.25, -0.2) is 24.0 Å². The molecule has 2 atom stereocenters. The zero-order valence-electron chi connectivity index (χ0n) is 27.5. The number of amides is 2. The molecule has 2 amide bonds. The number of aliphatic carboxylic acids is 4. The summed E-state index contributed by atoms with van der Waals surface area (Å²) in [6.07, 6.45) is 3.35. The van der Waals surface area contributed by atoms with E-state index < -0.39 is 23.9 Å². The summed E-state index contributed by atoms with van der Waals surface area (Å²) in [4.78, 5) is 59.9. The van der Waals surface area contributed by atoms with Crippen LogP contribution in [0, 0.1) is 0 Å². The summed E-state index contributed by atoms with van der Waals surface area (Å²) in [5.74, 6) is -4.62. The third kappa shape index (κ3) is 12.0. The summed E-state index contributed by atoms with van der Waals surface area (Å²) < 4.78 is 0. The van der Waals surface area contributed by atoms with Crippen LogP contribution in [0.3, 0.4) is 0 Å². The second-order valence-electron chi connectivity index (χ2n) is 11.9. The highest BCUT2D eigenvalue weighted by atomic mass is 35.5. The minimum atomic E-state index is -1.26. The number of benzene rings is 2. The largest absolute Gasteiger partial charge is 0.478 e. The Kier molecular flexibility index (Phi) is 14.8. The average Bonchev–Trinajstić information content (AvgIpc) is 3.63. The van der Waals surface area contributed by atoms with E-state index in [-0.39, 0.29) is 12.1 Å². The van der Waals surface area contributed by atoms with Crippen molar-refractivity contribution in [3.63, 3.8) is 0 Å². The summed E-state index contributed by atoms with van der Waals surface area (Å²) in [5, 5.41) is 32.1. The van der Waals surface area contributed by atoms with Gasteiger partial charge in [0.25, 0.3) is 0 Å². The van der Waals surface area contributed by atoms with Crippen LogP contribution in [0.4, 0.5) is 4.79 Å². The van der Waals surface area contributed by atoms with E-state index >= 15 is 0 Å². The number of nitrogens with zero attached hydrogens (tertiary/aromatic N) is 4. The first-order chi connectivity index (χ1) is 23.3. The first kappa shape index (κ1) is 38.7. The molecular weight excluding hydrogens is 656 g/mol. The predicted octanol–water partition coefficient (Wildman–Crippen LogP) is 4.10. The number of carboxylic acid groups (broad SMARTS) is 4. The number of carboxylic acids is 4. The van der Waals surface area contributed by atoms with Crippen molar-refractivity contribution in [1.29, 1.82) is 0 Å². The molecule has 0 spiro atoms. The maximum absolute atomic E-state index is 12.5. The SMILES string of the molecule is CC(C)N1CCN(CCN2CCN(C3CC(c4ccccc4)c4cc(Cl)ccc43)CC2)C1=O.O=C(O)/C=C\C(=O)O.O=C(O)/C=C\C(=O)O. The van der Waals surface area contributed by atoms with Crippen molar-refractivity contribution in [2.75, 3.05) is 52.4 Å². The summed E-state index contributed by atoms with van der Waals surface area (Å²) in [5.41, 5.74) is 4.22. The standard InChI is InChI=1S/C27H35ClN4O.2C4H4O4/c1-20(2)32-17-16-31(27(32)33)15-12-29-10-13-30(14-11-29)26-19-24(21-6-4-3-5-7-21)25-18-22(28)8-9-23(25)26;2*5-3(6)1-2-4(7)8/h3-9,18,20,24,26H,10-17,19H2,1-2H3;2*1-2H,(H,5,6)(H,7,8)/b;2*2-1-. The fraction of sp³-hybridized carbons (Fsp3) is 0.400. The summed E-state index contributed by atoms with van der Waals surface area (Å²) in [6.45, 7) is 12.0. The molecule has 2 aromatic carbocycles. The van der Waals surface area contributed by atoms with Gasteiger partial charge in [-0.3, -0.25) is 9.80 Å². The Bertz CT molecular complexity index is 1460. The Morgan fingerprint density at radius 3 is 1.80 bits per heavy atom. The van der Waals surface area contributed by atoms with Crippen molar-refractivity contribution in [2.45, 2.75) is 38.3 Å². The smallest absolute Gasteiger partial charge is 0.328 e. The van der Waals surface area contributed by atoms with Crippen LogP contribution in [0.15, 0.2) is 72.8 Å². The molecule has 2 unspecified atom stereocenters. The summed E-state index contributed by atoms with van der Waals surface area (Å²) in [6, 6.07) is 18.3. The molecule has 3 aliphatic rings. The van der Waals surface area contributed by atoms with Gasteiger partial charge in [0, 0.05) is 99.7 Å². The first-order valence-electron chi connectivity index (χ1n) is 15.9. The van der Waals surface area contributed by atoms with Crippen molar-refractivity contribution >= 4 is 41.5 Å². The Balaban J connectivity index is 0.000000338. The number of carbonyl (C=O) groups excluding carboxylic acids is 1. The summed E-state index contributed by atoms with van der Waals surface area (Å²) >= 11 is 6.40. The number of hydrogen-bond donors (Lipinski definition) is 4. The van der Waals surface area contributed by atoms with Gasteiger partial charge in [0.2, 0.25) is 0 Å². The van der Waals surface area contributed by atoms with E-state index in [0.29, 0.717) is 36.3 Å². The lowest BCUT2D eigenvalue weighted by Crippen LogP contribution is -2.49. The van der Waals surface area contributed by atoms with Crippen molar-refractivity contribution in [1.82, 2.24) is 19.6 Å². The second kappa shape index (κ2) is 18.7. The lowest BCUT2D eigenvalue weighted by molar-refractivity contribution is -0.134. The molecule has 2 fully saturated rings. The fourth-order valence-corrected chi connectivity index (χ4v) is 6.29. The molecule has 0 bridgehead atoms. The lowest BCUT2D eigenvalue weighted by atomic mass is 9.93. The van der Waals surface area contributed by atoms with Crippen LogP contribution in [-0.2, 0) is 19.2 Å². The van der Waals surface area contributed by atoms with Crippen LogP contribution in [0.5, 0.6) is 0 Å². The quantitative estimate of drug-likeness (QED) is 0.263. The maximum Gasteiger partial charge on any atom is 0.328 e. The molecule has 49 heavy (non-hydrogen) atoms. The van der Waals surface area contributed by atoms with Gasteiger partial charge in [-0.1, -0.05) is 48.0 Å². The first-order valence-corrected chi connectivity index (χ1v) is 16.3. The normalized spacial score (nSPS) is 19.4. The monoisotopic (exact) mass is 698 g/mol. The third-order valence-electron chi connectivity index (χ3n) is 8.47. The zero-order valence-corrected chi connectivity index (χ0v) is 28.3. The second-order valence-corrected chi connectivity index (χ2v) is 12.4. The van der Waals surface area contributed by atoms with Crippen LogP contribution < -0.4 is 0 Å². The number of rotatable bonds is 10. The maximum atomic E-state index is 12.5. The van der Waals surface area contributed by atoms with E-state index in [9.17, 15) is 24.0 Å². The van der Waals surface area contributed by atoms with Crippen molar-refractivity contribution < 1.29 is 44.4 Å². The number of fused-ring (bicyclic) bond motifs is 1. The number of urea groups is 1. The number of hydrogen-bond acceptors (Lipinski definition) is 7. The van der Waals surface area contributed by atoms with Gasteiger partial charge in [0.1, 0.15) is 0 Å². The molecule has 1 aliphatic carbocycles. The van der Waals surface area contributed by atoms with Crippen molar-refractivity contribution in [2.24, 2.45) is 0 Å². The Morgan fingerprint density at radius 1 is 0.755 bits per heavy atom. The minimum absolute atomic E-state index is 0.205. The van der Waals surface area contributed by atoms with Gasteiger partial charge < -0.3 is 30.2 Å². The number of halogens is 1. The molecule has 0 radical (unpaired) electrons. The van der Waals surface area contributed by atoms with Gasteiger partial charge in [-0.15, -0.1) is 0 Å². The van der Waals surface area contributed by atoms with Gasteiger partial charge in [-0.05, 0) is 49.1 Å². The highest BCUT2D eigenvalue weighted by Gasteiger charge is 2.37. The summed E-state index contributed by atoms with van der Waals surface area (Å²) in [7, 11) is 0. The molecule has 2 aromatic rings. The number of piperazine rings is 1. The predicted molar refractivity (Wildman–Crippen MR) is 183 cm³/mol. The molecule has 0 saturated carbocycles. The Hall–Kier alpha value is -4.72. The molecule has 2 aliphatic heterocycles. The van der Waals surface area contributed by atoms with Crippen LogP contribution in [0.1, 0.15) is 48.9 Å². The van der Waals surface area contributed by atoms with E-state index in [4.69, 9.17) is 32.0 Å². The van der Waals surface area contributed by atoms with E-state index in [1.54, 1.807) is 0 Å². The van der Waals surface area contributed by atoms with E-state index in [1.807, 2.05) is 15.9 Å². The van der Waals surface area contributed by atoms with Crippen LogP contribution in [0.2, 0.25) is 5.02 Å². The molecule has 0 aromatic heterocycles. The highest BCUT2D eigenvalue weighted by Crippen LogP contribution is 2.47. The molecule has 13 nitrogen and oxygen atoms in total. The van der Waals surface area contributed by atoms with Gasteiger partial charge >= 0.3 is 29.9 Å². The Labute approximate surface area is 290 Å². The molecule has 14 heteroatoms. The number of carbonyl (C=O) groups is 5. The molecule has 4 N–H and O–H groups in total. The fourth-order valence-electron chi connectivity index (χ4n) is 6.11. The van der Waals surface area contributed by atoms with Crippen LogP contribution in [0.25, 0.3) is 0 Å². The molecule has 264 valence electrons. The van der Waals surface area contributed by atoms with E-state index in [1.165, 1.54) is 16.7 Å². The van der Waals surface area contributed by atoms with Gasteiger partial charge in [-0.2, -0.15) is 0 Å². The molecule has 2 heterocycles. The topological polar surface area (TPSA) is 179 Å². The van der Waals surface area contributed by atoms with Crippen LogP contribution in [-0.4, -0.2) is 128 Å². The van der Waals surface area contributed by atoms with E-state index in [0.717, 1.165) is 63.8 Å².